The van der Waals surface area contributed by atoms with Gasteiger partial charge in [-0.25, -0.2) is 14.1 Å². The molecule has 0 unspecified atom stereocenters. The lowest BCUT2D eigenvalue weighted by atomic mass is 10.0. The summed E-state index contributed by atoms with van der Waals surface area (Å²) in [6.45, 7) is 7.23. The average molecular weight is 421 g/mol. The van der Waals surface area contributed by atoms with Crippen molar-refractivity contribution in [1.82, 2.24) is 5.32 Å². The zero-order valence-electron chi connectivity index (χ0n) is 17.8. The standard InChI is InChI=1S/C24H24FN3O3/c1-14-6-7-18(10-15(14)2)28-23(30)19(22(29)26-24(28)31)12-17-13-20(25)21(11-16(17)3)27-8-4-5-9-27/h6-7,10-13H,4-5,8-9H2,1-3H3,(H,26,29,31). The smallest absolute Gasteiger partial charge is 0.335 e. The van der Waals surface area contributed by atoms with Crippen molar-refractivity contribution < 1.29 is 18.8 Å². The number of nitrogens with one attached hydrogen (secondary N) is 1. The molecule has 2 aromatic rings. The Labute approximate surface area is 180 Å². The molecule has 6 nitrogen and oxygen atoms in total. The lowest BCUT2D eigenvalue weighted by molar-refractivity contribution is -0.122. The van der Waals surface area contributed by atoms with Crippen molar-refractivity contribution in [3.05, 3.63) is 64.0 Å². The summed E-state index contributed by atoms with van der Waals surface area (Å²) in [6, 6.07) is 7.46. The van der Waals surface area contributed by atoms with Crippen LogP contribution in [0.4, 0.5) is 20.6 Å². The Morgan fingerprint density at radius 2 is 1.65 bits per heavy atom. The van der Waals surface area contributed by atoms with Gasteiger partial charge in [0, 0.05) is 13.1 Å². The van der Waals surface area contributed by atoms with Crippen LogP contribution in [0.5, 0.6) is 0 Å². The Morgan fingerprint density at radius 1 is 0.935 bits per heavy atom. The molecule has 1 N–H and O–H groups in total. The summed E-state index contributed by atoms with van der Waals surface area (Å²) in [5.74, 6) is -1.93. The van der Waals surface area contributed by atoms with Gasteiger partial charge in [0.1, 0.15) is 11.4 Å². The Morgan fingerprint density at radius 3 is 2.32 bits per heavy atom. The maximum Gasteiger partial charge on any atom is 0.335 e. The molecule has 0 aromatic heterocycles. The highest BCUT2D eigenvalue weighted by Gasteiger charge is 2.37. The minimum absolute atomic E-state index is 0.214. The van der Waals surface area contributed by atoms with E-state index in [2.05, 4.69) is 5.32 Å². The molecule has 2 aromatic carbocycles. The van der Waals surface area contributed by atoms with Crippen molar-refractivity contribution in [2.45, 2.75) is 33.6 Å². The molecule has 160 valence electrons. The lowest BCUT2D eigenvalue weighted by Gasteiger charge is -2.27. The van der Waals surface area contributed by atoms with Crippen molar-refractivity contribution in [2.24, 2.45) is 0 Å². The third kappa shape index (κ3) is 3.83. The van der Waals surface area contributed by atoms with Gasteiger partial charge in [-0.1, -0.05) is 6.07 Å². The van der Waals surface area contributed by atoms with Gasteiger partial charge in [0.2, 0.25) is 0 Å². The van der Waals surface area contributed by atoms with Gasteiger partial charge in [0.25, 0.3) is 11.8 Å². The number of imide groups is 2. The number of hydrogen-bond donors (Lipinski definition) is 1. The van der Waals surface area contributed by atoms with Crippen LogP contribution in [-0.2, 0) is 9.59 Å². The van der Waals surface area contributed by atoms with Gasteiger partial charge < -0.3 is 4.90 Å². The second kappa shape index (κ2) is 7.98. The third-order valence-electron chi connectivity index (χ3n) is 5.93. The summed E-state index contributed by atoms with van der Waals surface area (Å²) in [6.07, 6.45) is 3.41. The van der Waals surface area contributed by atoms with Crippen LogP contribution in [0.25, 0.3) is 6.08 Å². The number of nitrogens with zero attached hydrogens (tertiary/aromatic N) is 2. The summed E-state index contributed by atoms with van der Waals surface area (Å²) in [7, 11) is 0. The van der Waals surface area contributed by atoms with Crippen molar-refractivity contribution >= 4 is 35.3 Å². The fourth-order valence-corrected chi connectivity index (χ4v) is 3.95. The summed E-state index contributed by atoms with van der Waals surface area (Å²) < 4.78 is 14.8. The van der Waals surface area contributed by atoms with E-state index in [0.29, 0.717) is 16.9 Å². The van der Waals surface area contributed by atoms with E-state index in [1.165, 1.54) is 12.1 Å². The highest BCUT2D eigenvalue weighted by atomic mass is 19.1. The van der Waals surface area contributed by atoms with Crippen LogP contribution in [0.2, 0.25) is 0 Å². The molecule has 4 amide bonds. The van der Waals surface area contributed by atoms with Gasteiger partial charge >= 0.3 is 6.03 Å². The zero-order valence-corrected chi connectivity index (χ0v) is 17.8. The maximum absolute atomic E-state index is 14.8. The van der Waals surface area contributed by atoms with Crippen LogP contribution in [0.15, 0.2) is 35.9 Å². The number of benzene rings is 2. The van der Waals surface area contributed by atoms with Crippen LogP contribution in [-0.4, -0.2) is 30.9 Å². The lowest BCUT2D eigenvalue weighted by Crippen LogP contribution is -2.54. The van der Waals surface area contributed by atoms with Crippen LogP contribution in [0, 0.1) is 26.6 Å². The van der Waals surface area contributed by atoms with Gasteiger partial charge in [0.05, 0.1) is 11.4 Å². The Bertz CT molecular complexity index is 1130. The monoisotopic (exact) mass is 421 g/mol. The molecule has 2 aliphatic rings. The molecule has 31 heavy (non-hydrogen) atoms. The Hall–Kier alpha value is -3.48. The average Bonchev–Trinajstić information content (AvgIpc) is 3.24. The largest absolute Gasteiger partial charge is 0.369 e. The molecule has 2 fully saturated rings. The first kappa shape index (κ1) is 20.8. The molecule has 0 spiro atoms. The predicted molar refractivity (Wildman–Crippen MR) is 118 cm³/mol. The number of urea groups is 1. The molecule has 2 aliphatic heterocycles. The second-order valence-corrected chi connectivity index (χ2v) is 8.08. The normalized spacial score (nSPS) is 18.2. The number of carbonyl (C=O) groups excluding carboxylic acids is 3. The van der Waals surface area contributed by atoms with Crippen LogP contribution >= 0.6 is 0 Å². The molecule has 7 heteroatoms. The summed E-state index contributed by atoms with van der Waals surface area (Å²) in [4.78, 5) is 40.9. The van der Waals surface area contributed by atoms with Crippen LogP contribution in [0.1, 0.15) is 35.1 Å². The van der Waals surface area contributed by atoms with E-state index in [1.807, 2.05) is 31.7 Å². The highest BCUT2D eigenvalue weighted by Crippen LogP contribution is 2.29. The Balaban J connectivity index is 1.71. The summed E-state index contributed by atoms with van der Waals surface area (Å²) >= 11 is 0. The number of halogens is 1. The van der Waals surface area contributed by atoms with E-state index in [-0.39, 0.29) is 5.57 Å². The SMILES string of the molecule is Cc1ccc(N2C(=O)NC(=O)C(=Cc3cc(F)c(N4CCCC4)cc3C)C2=O)cc1C. The molecule has 0 saturated carbocycles. The first-order valence-corrected chi connectivity index (χ1v) is 10.3. The van der Waals surface area contributed by atoms with E-state index in [0.717, 1.165) is 47.5 Å². The van der Waals surface area contributed by atoms with Gasteiger partial charge in [-0.15, -0.1) is 0 Å². The minimum atomic E-state index is -0.803. The summed E-state index contributed by atoms with van der Waals surface area (Å²) in [5.41, 5.74) is 3.79. The molecule has 0 radical (unpaired) electrons. The fraction of sp³-hybridized carbons (Fsp3) is 0.292. The minimum Gasteiger partial charge on any atom is -0.369 e. The van der Waals surface area contributed by atoms with Crippen LogP contribution < -0.4 is 15.1 Å². The molecule has 0 bridgehead atoms. The van der Waals surface area contributed by atoms with E-state index in [9.17, 15) is 18.8 Å². The summed E-state index contributed by atoms with van der Waals surface area (Å²) in [5, 5.41) is 2.21. The first-order valence-electron chi connectivity index (χ1n) is 10.3. The number of amides is 4. The van der Waals surface area contributed by atoms with E-state index < -0.39 is 23.7 Å². The number of barbiturate groups is 1. The molecule has 4 rings (SSSR count). The van der Waals surface area contributed by atoms with Crippen molar-refractivity contribution in [2.75, 3.05) is 22.9 Å². The van der Waals surface area contributed by atoms with Crippen LogP contribution in [0.3, 0.4) is 0 Å². The quantitative estimate of drug-likeness (QED) is 0.600. The third-order valence-corrected chi connectivity index (χ3v) is 5.93. The van der Waals surface area contributed by atoms with E-state index in [4.69, 9.17) is 0 Å². The molecule has 0 atom stereocenters. The topological polar surface area (TPSA) is 69.7 Å². The van der Waals surface area contributed by atoms with Crippen molar-refractivity contribution in [1.29, 1.82) is 0 Å². The number of aryl methyl sites for hydroxylation is 3. The Kier molecular flexibility index (Phi) is 5.35. The van der Waals surface area contributed by atoms with Gasteiger partial charge in [-0.3, -0.25) is 14.9 Å². The number of hydrogen-bond acceptors (Lipinski definition) is 4. The molecule has 2 saturated heterocycles. The zero-order chi connectivity index (χ0) is 22.3. The van der Waals surface area contributed by atoms with Gasteiger partial charge in [-0.05, 0) is 86.2 Å². The number of rotatable bonds is 3. The van der Waals surface area contributed by atoms with Gasteiger partial charge in [0.15, 0.2) is 0 Å². The predicted octanol–water partition coefficient (Wildman–Crippen LogP) is 4.02. The fourth-order valence-electron chi connectivity index (χ4n) is 3.95. The van der Waals surface area contributed by atoms with Crippen molar-refractivity contribution in [3.8, 4) is 0 Å². The maximum atomic E-state index is 14.8. The van der Waals surface area contributed by atoms with Gasteiger partial charge in [-0.2, -0.15) is 0 Å². The molecule has 2 heterocycles. The molecular formula is C24H24FN3O3. The number of anilines is 2. The molecular weight excluding hydrogens is 397 g/mol. The van der Waals surface area contributed by atoms with Crippen molar-refractivity contribution in [3.63, 3.8) is 0 Å². The highest BCUT2D eigenvalue weighted by molar-refractivity contribution is 6.39. The second-order valence-electron chi connectivity index (χ2n) is 8.08. The number of carbonyl (C=O) groups is 3. The van der Waals surface area contributed by atoms with E-state index >= 15 is 0 Å². The molecule has 0 aliphatic carbocycles. The van der Waals surface area contributed by atoms with E-state index in [1.54, 1.807) is 18.2 Å². The first-order chi connectivity index (χ1) is 14.8.